The third-order valence-electron chi connectivity index (χ3n) is 5.62. The summed E-state index contributed by atoms with van der Waals surface area (Å²) in [5, 5.41) is 0.906. The van der Waals surface area contributed by atoms with Crippen molar-refractivity contribution in [2.24, 2.45) is 0 Å². The average Bonchev–Trinajstić information content (AvgIpc) is 3.30. The highest BCUT2D eigenvalue weighted by Crippen LogP contribution is 2.42. The Hall–Kier alpha value is -2.95. The first-order valence-electron chi connectivity index (χ1n) is 10.0. The molecule has 2 aromatic carbocycles. The van der Waals surface area contributed by atoms with Crippen LogP contribution < -0.4 is 14.4 Å². The van der Waals surface area contributed by atoms with Crippen molar-refractivity contribution >= 4 is 22.5 Å². The third-order valence-corrected chi connectivity index (χ3v) is 5.62. The number of carbonyl (C=O) groups is 1. The number of H-pyrrole nitrogens is 1. The van der Waals surface area contributed by atoms with Gasteiger partial charge in [0.1, 0.15) is 23.3 Å². The van der Waals surface area contributed by atoms with Gasteiger partial charge in [-0.2, -0.15) is 0 Å². The lowest BCUT2D eigenvalue weighted by Gasteiger charge is -2.29. The molecular weight excluding hydrogens is 352 g/mol. The third kappa shape index (κ3) is 2.65. The van der Waals surface area contributed by atoms with Crippen molar-refractivity contribution < 1.29 is 14.3 Å². The second-order valence-electron chi connectivity index (χ2n) is 7.59. The standard InChI is InChI=1S/C23H24N2O3/c1-3-27-20-12-16-11-14(2)28-22(16)21-17(20)13-18(24-21)23(26)25-10-6-8-15-7-4-5-9-19(15)25/h4-5,7,9,12-14,24H,3,6,8,10-11H2,1-2H3/t14-/m1/s1. The van der Waals surface area contributed by atoms with Crippen molar-refractivity contribution in [1.29, 1.82) is 0 Å². The minimum Gasteiger partial charge on any atom is -0.493 e. The van der Waals surface area contributed by atoms with E-state index in [9.17, 15) is 4.79 Å². The summed E-state index contributed by atoms with van der Waals surface area (Å²) < 4.78 is 11.9. The van der Waals surface area contributed by atoms with E-state index >= 15 is 0 Å². The van der Waals surface area contributed by atoms with E-state index < -0.39 is 0 Å². The zero-order chi connectivity index (χ0) is 19.3. The van der Waals surface area contributed by atoms with Crippen molar-refractivity contribution in [1.82, 2.24) is 4.98 Å². The lowest BCUT2D eigenvalue weighted by atomic mass is 10.0. The number of hydrogen-bond donors (Lipinski definition) is 1. The number of carbonyl (C=O) groups excluding carboxylic acids is 1. The molecule has 5 rings (SSSR count). The summed E-state index contributed by atoms with van der Waals surface area (Å²) in [7, 11) is 0. The van der Waals surface area contributed by atoms with Crippen LogP contribution in [0.1, 0.15) is 41.9 Å². The van der Waals surface area contributed by atoms with Crippen LogP contribution in [0.3, 0.4) is 0 Å². The molecule has 1 N–H and O–H groups in total. The van der Waals surface area contributed by atoms with Gasteiger partial charge in [0, 0.05) is 29.6 Å². The maximum Gasteiger partial charge on any atom is 0.274 e. The van der Waals surface area contributed by atoms with Gasteiger partial charge in [0.2, 0.25) is 0 Å². The zero-order valence-corrected chi connectivity index (χ0v) is 16.2. The second kappa shape index (κ2) is 6.59. The number of aromatic amines is 1. The van der Waals surface area contributed by atoms with E-state index in [1.165, 1.54) is 5.56 Å². The molecular formula is C23H24N2O3. The molecule has 2 aliphatic heterocycles. The number of anilines is 1. The molecule has 28 heavy (non-hydrogen) atoms. The molecule has 2 aliphatic rings. The fourth-order valence-electron chi connectivity index (χ4n) is 4.41. The molecule has 1 aromatic heterocycles. The van der Waals surface area contributed by atoms with Crippen molar-refractivity contribution in [2.45, 2.75) is 39.2 Å². The second-order valence-corrected chi connectivity index (χ2v) is 7.59. The first kappa shape index (κ1) is 17.2. The highest BCUT2D eigenvalue weighted by Gasteiger charge is 2.28. The van der Waals surface area contributed by atoms with E-state index in [-0.39, 0.29) is 12.0 Å². The quantitative estimate of drug-likeness (QED) is 0.733. The van der Waals surface area contributed by atoms with Crippen molar-refractivity contribution in [3.05, 3.63) is 53.2 Å². The summed E-state index contributed by atoms with van der Waals surface area (Å²) in [5.74, 6) is 1.65. The Bertz CT molecular complexity index is 1070. The minimum absolute atomic E-state index is 0.00871. The molecule has 144 valence electrons. The van der Waals surface area contributed by atoms with E-state index in [1.807, 2.05) is 36.1 Å². The van der Waals surface area contributed by atoms with Crippen LogP contribution in [0.5, 0.6) is 11.5 Å². The normalized spacial score (nSPS) is 17.9. The van der Waals surface area contributed by atoms with Gasteiger partial charge in [-0.15, -0.1) is 0 Å². The highest BCUT2D eigenvalue weighted by atomic mass is 16.5. The number of amides is 1. The maximum atomic E-state index is 13.4. The lowest BCUT2D eigenvalue weighted by Crippen LogP contribution is -2.35. The molecule has 0 aliphatic carbocycles. The fourth-order valence-corrected chi connectivity index (χ4v) is 4.41. The lowest BCUT2D eigenvalue weighted by molar-refractivity contribution is 0.0981. The summed E-state index contributed by atoms with van der Waals surface area (Å²) >= 11 is 0. The largest absolute Gasteiger partial charge is 0.493 e. The predicted molar refractivity (Wildman–Crippen MR) is 110 cm³/mol. The first-order chi connectivity index (χ1) is 13.7. The van der Waals surface area contributed by atoms with Gasteiger partial charge >= 0.3 is 0 Å². The summed E-state index contributed by atoms with van der Waals surface area (Å²) in [6, 6.07) is 12.1. The minimum atomic E-state index is -0.00871. The van der Waals surface area contributed by atoms with Crippen LogP contribution in [0.2, 0.25) is 0 Å². The number of benzene rings is 2. The number of aryl methyl sites for hydroxylation is 1. The number of aromatic nitrogens is 1. The van der Waals surface area contributed by atoms with Crippen LogP contribution in [0.4, 0.5) is 5.69 Å². The number of para-hydroxylation sites is 1. The van der Waals surface area contributed by atoms with Gasteiger partial charge in [-0.05, 0) is 50.5 Å². The van der Waals surface area contributed by atoms with Gasteiger partial charge in [-0.25, -0.2) is 0 Å². The summed E-state index contributed by atoms with van der Waals surface area (Å²) in [4.78, 5) is 18.6. The Labute approximate surface area is 164 Å². The van der Waals surface area contributed by atoms with Gasteiger partial charge in [0.15, 0.2) is 0 Å². The van der Waals surface area contributed by atoms with Crippen LogP contribution in [-0.4, -0.2) is 30.1 Å². The maximum absolute atomic E-state index is 13.4. The molecule has 0 spiro atoms. The van der Waals surface area contributed by atoms with Crippen molar-refractivity contribution in [3.63, 3.8) is 0 Å². The number of hydrogen-bond acceptors (Lipinski definition) is 3. The Balaban J connectivity index is 1.60. The average molecular weight is 376 g/mol. The number of nitrogens with one attached hydrogen (secondary N) is 1. The predicted octanol–water partition coefficient (Wildman–Crippen LogP) is 4.48. The molecule has 0 saturated heterocycles. The Morgan fingerprint density at radius 1 is 1.29 bits per heavy atom. The van der Waals surface area contributed by atoms with Crippen molar-refractivity contribution in [3.8, 4) is 11.5 Å². The number of ether oxygens (including phenoxy) is 2. The highest BCUT2D eigenvalue weighted by molar-refractivity contribution is 6.09. The summed E-state index contributed by atoms with van der Waals surface area (Å²) in [6.45, 7) is 5.35. The van der Waals surface area contributed by atoms with Crippen LogP contribution in [0.15, 0.2) is 36.4 Å². The van der Waals surface area contributed by atoms with Gasteiger partial charge in [-0.3, -0.25) is 4.79 Å². The van der Waals surface area contributed by atoms with Gasteiger partial charge < -0.3 is 19.4 Å². The summed E-state index contributed by atoms with van der Waals surface area (Å²) in [6.07, 6.45) is 2.97. The molecule has 3 aromatic rings. The molecule has 3 heterocycles. The molecule has 1 amide bonds. The Morgan fingerprint density at radius 3 is 3.00 bits per heavy atom. The van der Waals surface area contributed by atoms with E-state index in [4.69, 9.17) is 9.47 Å². The molecule has 1 atom stereocenters. The molecule has 0 fully saturated rings. The van der Waals surface area contributed by atoms with E-state index in [1.54, 1.807) is 0 Å². The molecule has 5 nitrogen and oxygen atoms in total. The fraction of sp³-hybridized carbons (Fsp3) is 0.348. The van der Waals surface area contributed by atoms with Gasteiger partial charge in [-0.1, -0.05) is 18.2 Å². The van der Waals surface area contributed by atoms with E-state index in [0.717, 1.165) is 59.5 Å². The Kier molecular flexibility index (Phi) is 4.04. The SMILES string of the molecule is CCOc1cc2c(c3[nH]c(C(=O)N4CCCc5ccccc54)cc13)O[C@H](C)C2. The van der Waals surface area contributed by atoms with E-state index in [2.05, 4.69) is 24.0 Å². The van der Waals surface area contributed by atoms with Crippen LogP contribution >= 0.6 is 0 Å². The van der Waals surface area contributed by atoms with Gasteiger partial charge in [0.05, 0.1) is 12.1 Å². The first-order valence-corrected chi connectivity index (χ1v) is 10.0. The van der Waals surface area contributed by atoms with Crippen molar-refractivity contribution in [2.75, 3.05) is 18.1 Å². The topological polar surface area (TPSA) is 54.6 Å². The molecule has 5 heteroatoms. The van der Waals surface area contributed by atoms with Gasteiger partial charge in [0.25, 0.3) is 5.91 Å². The van der Waals surface area contributed by atoms with Crippen LogP contribution in [0.25, 0.3) is 10.9 Å². The zero-order valence-electron chi connectivity index (χ0n) is 16.2. The number of fused-ring (bicyclic) bond motifs is 4. The smallest absolute Gasteiger partial charge is 0.274 e. The monoisotopic (exact) mass is 376 g/mol. The molecule has 0 bridgehead atoms. The molecule has 0 unspecified atom stereocenters. The number of nitrogens with zero attached hydrogens (tertiary/aromatic N) is 1. The number of rotatable bonds is 3. The molecule has 0 radical (unpaired) electrons. The Morgan fingerprint density at radius 2 is 2.14 bits per heavy atom. The summed E-state index contributed by atoms with van der Waals surface area (Å²) in [5.41, 5.74) is 4.81. The van der Waals surface area contributed by atoms with Crippen LogP contribution in [-0.2, 0) is 12.8 Å². The molecule has 0 saturated carbocycles. The van der Waals surface area contributed by atoms with Crippen LogP contribution in [0, 0.1) is 0 Å². The van der Waals surface area contributed by atoms with E-state index in [0.29, 0.717) is 12.3 Å².